The van der Waals surface area contributed by atoms with Gasteiger partial charge in [-0.15, -0.1) is 0 Å². The Kier molecular flexibility index (Phi) is 6.37. The van der Waals surface area contributed by atoms with Crippen LogP contribution in [0.3, 0.4) is 0 Å². The van der Waals surface area contributed by atoms with Crippen LogP contribution in [-0.2, 0) is 0 Å². The molecule has 0 aliphatic heterocycles. The van der Waals surface area contributed by atoms with Crippen molar-refractivity contribution >= 4 is 0 Å². The number of nitrogens with zero attached hydrogens (tertiary/aromatic N) is 1. The number of nitrogens with one attached hydrogen (secondary N) is 1. The molecule has 0 amide bonds. The van der Waals surface area contributed by atoms with Gasteiger partial charge in [0, 0.05) is 12.6 Å². The zero-order chi connectivity index (χ0) is 13.5. The van der Waals surface area contributed by atoms with Crippen LogP contribution in [0.4, 0.5) is 0 Å². The minimum atomic E-state index is 0.459. The van der Waals surface area contributed by atoms with E-state index in [0.29, 0.717) is 6.04 Å². The molecule has 1 rings (SSSR count). The highest BCUT2D eigenvalue weighted by molar-refractivity contribution is 5.24. The maximum atomic E-state index is 3.42. The van der Waals surface area contributed by atoms with E-state index in [1.165, 1.54) is 17.7 Å². The topological polar surface area (TPSA) is 15.3 Å². The van der Waals surface area contributed by atoms with Gasteiger partial charge < -0.3 is 10.2 Å². The molecule has 0 saturated heterocycles. The van der Waals surface area contributed by atoms with E-state index in [1.54, 1.807) is 0 Å². The summed E-state index contributed by atoms with van der Waals surface area (Å²) in [6, 6.07) is 9.31. The number of rotatable bonds is 7. The average Bonchev–Trinajstić information content (AvgIpc) is 2.31. The Hall–Kier alpha value is -0.860. The molecule has 0 aliphatic rings. The molecule has 1 N–H and O–H groups in total. The van der Waals surface area contributed by atoms with Crippen molar-refractivity contribution < 1.29 is 0 Å². The molecule has 1 atom stereocenters. The van der Waals surface area contributed by atoms with E-state index >= 15 is 0 Å². The molecule has 1 unspecified atom stereocenters. The van der Waals surface area contributed by atoms with Gasteiger partial charge in [0.15, 0.2) is 0 Å². The van der Waals surface area contributed by atoms with Crippen LogP contribution in [0, 0.1) is 12.8 Å². The van der Waals surface area contributed by atoms with Crippen LogP contribution in [-0.4, -0.2) is 32.1 Å². The highest BCUT2D eigenvalue weighted by Crippen LogP contribution is 2.17. The summed E-state index contributed by atoms with van der Waals surface area (Å²) in [7, 11) is 4.26. The Morgan fingerprint density at radius 1 is 1.17 bits per heavy atom. The molecule has 1 aromatic rings. The average molecular weight is 248 g/mol. The minimum Gasteiger partial charge on any atom is -0.313 e. The summed E-state index contributed by atoms with van der Waals surface area (Å²) in [6.45, 7) is 8.98. The summed E-state index contributed by atoms with van der Waals surface area (Å²) < 4.78 is 0. The van der Waals surface area contributed by atoms with Crippen LogP contribution in [0.15, 0.2) is 24.3 Å². The van der Waals surface area contributed by atoms with Crippen LogP contribution in [0.1, 0.15) is 37.4 Å². The summed E-state index contributed by atoms with van der Waals surface area (Å²) in [4.78, 5) is 2.42. The van der Waals surface area contributed by atoms with Crippen molar-refractivity contribution in [2.24, 2.45) is 5.92 Å². The third-order valence-corrected chi connectivity index (χ3v) is 3.30. The van der Waals surface area contributed by atoms with Crippen LogP contribution < -0.4 is 5.32 Å². The fourth-order valence-electron chi connectivity index (χ4n) is 2.34. The Balaban J connectivity index is 2.49. The van der Waals surface area contributed by atoms with Crippen molar-refractivity contribution in [2.45, 2.75) is 33.2 Å². The summed E-state index contributed by atoms with van der Waals surface area (Å²) in [5.41, 5.74) is 2.71. The predicted octanol–water partition coefficient (Wildman–Crippen LogP) is 3.23. The van der Waals surface area contributed by atoms with Gasteiger partial charge in [-0.1, -0.05) is 43.7 Å². The fourth-order valence-corrected chi connectivity index (χ4v) is 2.34. The van der Waals surface area contributed by atoms with Crippen molar-refractivity contribution in [1.82, 2.24) is 10.2 Å². The second-order valence-corrected chi connectivity index (χ2v) is 5.70. The molecule has 1 aromatic carbocycles. The van der Waals surface area contributed by atoms with E-state index in [4.69, 9.17) is 0 Å². The van der Waals surface area contributed by atoms with Crippen LogP contribution in [0.2, 0.25) is 0 Å². The van der Waals surface area contributed by atoms with Crippen molar-refractivity contribution in [1.29, 1.82) is 0 Å². The van der Waals surface area contributed by atoms with Gasteiger partial charge in [-0.3, -0.25) is 0 Å². The standard InChI is InChI=1S/C16H28N2/c1-13(2)12-18(5)11-10-16(17-4)15-8-6-14(3)7-9-15/h6-9,13,16-17H,10-12H2,1-5H3. The first-order valence-corrected chi connectivity index (χ1v) is 6.95. The smallest absolute Gasteiger partial charge is 0.0329 e. The number of hydrogen-bond acceptors (Lipinski definition) is 2. The molecule has 0 aromatic heterocycles. The van der Waals surface area contributed by atoms with Gasteiger partial charge in [-0.05, 0) is 45.5 Å². The molecule has 0 saturated carbocycles. The molecular formula is C16H28N2. The maximum absolute atomic E-state index is 3.42. The molecular weight excluding hydrogens is 220 g/mol. The second-order valence-electron chi connectivity index (χ2n) is 5.70. The van der Waals surface area contributed by atoms with Crippen LogP contribution in [0.25, 0.3) is 0 Å². The Labute approximate surface area is 112 Å². The molecule has 0 aliphatic carbocycles. The van der Waals surface area contributed by atoms with Gasteiger partial charge >= 0.3 is 0 Å². The summed E-state index contributed by atoms with van der Waals surface area (Å²) in [5.74, 6) is 0.738. The van der Waals surface area contributed by atoms with E-state index < -0.39 is 0 Å². The Bertz CT molecular complexity index is 329. The first-order valence-electron chi connectivity index (χ1n) is 6.95. The number of hydrogen-bond donors (Lipinski definition) is 1. The first-order chi connectivity index (χ1) is 8.52. The monoisotopic (exact) mass is 248 g/mol. The van der Waals surface area contributed by atoms with Gasteiger partial charge in [0.2, 0.25) is 0 Å². The van der Waals surface area contributed by atoms with Gasteiger partial charge in [-0.2, -0.15) is 0 Å². The van der Waals surface area contributed by atoms with E-state index in [2.05, 4.69) is 62.3 Å². The lowest BCUT2D eigenvalue weighted by Crippen LogP contribution is -2.28. The zero-order valence-electron chi connectivity index (χ0n) is 12.5. The molecule has 0 bridgehead atoms. The van der Waals surface area contributed by atoms with Crippen LogP contribution >= 0.6 is 0 Å². The fraction of sp³-hybridized carbons (Fsp3) is 0.625. The van der Waals surface area contributed by atoms with Gasteiger partial charge in [-0.25, -0.2) is 0 Å². The Morgan fingerprint density at radius 3 is 2.28 bits per heavy atom. The lowest BCUT2D eigenvalue weighted by Gasteiger charge is -2.23. The normalized spacial score (nSPS) is 13.3. The molecule has 0 spiro atoms. The van der Waals surface area contributed by atoms with Gasteiger partial charge in [0.05, 0.1) is 0 Å². The summed E-state index contributed by atoms with van der Waals surface area (Å²) in [6.07, 6.45) is 1.16. The minimum absolute atomic E-state index is 0.459. The third kappa shape index (κ3) is 5.19. The van der Waals surface area contributed by atoms with Crippen molar-refractivity contribution in [3.8, 4) is 0 Å². The molecule has 102 valence electrons. The largest absolute Gasteiger partial charge is 0.313 e. The highest BCUT2D eigenvalue weighted by atomic mass is 15.1. The van der Waals surface area contributed by atoms with E-state index in [9.17, 15) is 0 Å². The number of benzene rings is 1. The molecule has 0 radical (unpaired) electrons. The lowest BCUT2D eigenvalue weighted by atomic mass is 10.0. The summed E-state index contributed by atoms with van der Waals surface area (Å²) in [5, 5.41) is 3.42. The Morgan fingerprint density at radius 2 is 1.78 bits per heavy atom. The van der Waals surface area contributed by atoms with Crippen molar-refractivity contribution in [2.75, 3.05) is 27.2 Å². The first kappa shape index (κ1) is 15.2. The van der Waals surface area contributed by atoms with E-state index in [1.807, 2.05) is 7.05 Å². The zero-order valence-corrected chi connectivity index (χ0v) is 12.5. The van der Waals surface area contributed by atoms with Gasteiger partial charge in [0.25, 0.3) is 0 Å². The molecule has 0 heterocycles. The summed E-state index contributed by atoms with van der Waals surface area (Å²) >= 11 is 0. The SMILES string of the molecule is CNC(CCN(C)CC(C)C)c1ccc(C)cc1. The molecule has 0 fully saturated rings. The van der Waals surface area contributed by atoms with E-state index in [-0.39, 0.29) is 0 Å². The number of aryl methyl sites for hydroxylation is 1. The highest BCUT2D eigenvalue weighted by Gasteiger charge is 2.10. The van der Waals surface area contributed by atoms with Gasteiger partial charge in [0.1, 0.15) is 0 Å². The van der Waals surface area contributed by atoms with Crippen molar-refractivity contribution in [3.05, 3.63) is 35.4 Å². The van der Waals surface area contributed by atoms with E-state index in [0.717, 1.165) is 18.9 Å². The second kappa shape index (κ2) is 7.55. The predicted molar refractivity (Wildman–Crippen MR) is 79.9 cm³/mol. The third-order valence-electron chi connectivity index (χ3n) is 3.30. The lowest BCUT2D eigenvalue weighted by molar-refractivity contribution is 0.279. The maximum Gasteiger partial charge on any atom is 0.0329 e. The molecule has 2 nitrogen and oxygen atoms in total. The quantitative estimate of drug-likeness (QED) is 0.797. The molecule has 2 heteroatoms. The van der Waals surface area contributed by atoms with Crippen molar-refractivity contribution in [3.63, 3.8) is 0 Å². The molecule has 18 heavy (non-hydrogen) atoms. The van der Waals surface area contributed by atoms with Crippen LogP contribution in [0.5, 0.6) is 0 Å².